The number of phosphoric acid groups is 2. The van der Waals surface area contributed by atoms with Gasteiger partial charge in [0.15, 0.2) is 0 Å². The van der Waals surface area contributed by atoms with Crippen LogP contribution in [0, 0.1) is 0 Å². The minimum Gasteiger partial charge on any atom is -0.780 e. The second kappa shape index (κ2) is 9.71. The summed E-state index contributed by atoms with van der Waals surface area (Å²) in [5.74, 6) is -1.62. The molecule has 0 bridgehead atoms. The van der Waals surface area contributed by atoms with Crippen LogP contribution in [0.2, 0.25) is 0 Å². The first-order valence-corrected chi connectivity index (χ1v) is 14.9. The van der Waals surface area contributed by atoms with Crippen molar-refractivity contribution in [2.75, 3.05) is 0 Å². The first-order chi connectivity index (χ1) is 19.4. The summed E-state index contributed by atoms with van der Waals surface area (Å²) in [7, 11) is -10.3. The fraction of sp³-hybridized carbons (Fsp3) is 0.0357. The minimum absolute atomic E-state index is 0.0280. The standard InChI is InChI=1S/C28H20O11P2/c29-28(30)22-4-2-1-3-21(22)25-23-9-5-15-13-17(38-40(31,32)33)7-11-19(15)26(23)37-27-20-12-8-18(39-41(34,35)36)14-16(20)6-10-24(25)27/h1-14,25H,(H,29,30)(H2,31,32,33)(H2,34,35,36)/p-4. The number of fused-ring (bicyclic) bond motifs is 6. The van der Waals surface area contributed by atoms with Crippen molar-refractivity contribution in [2.24, 2.45) is 0 Å². The third-order valence-electron chi connectivity index (χ3n) is 6.70. The van der Waals surface area contributed by atoms with Gasteiger partial charge in [-0.2, -0.15) is 0 Å². The number of aromatic carboxylic acids is 1. The van der Waals surface area contributed by atoms with E-state index < -0.39 is 27.5 Å². The largest absolute Gasteiger partial charge is 0.780 e. The molecule has 0 saturated heterocycles. The average molecular weight is 590 g/mol. The molecule has 0 fully saturated rings. The molecule has 0 aliphatic carbocycles. The highest BCUT2D eigenvalue weighted by Crippen LogP contribution is 2.53. The average Bonchev–Trinajstić information content (AvgIpc) is 2.89. The zero-order chi connectivity index (χ0) is 29.1. The lowest BCUT2D eigenvalue weighted by molar-refractivity contribution is -0.333. The molecule has 5 aromatic rings. The van der Waals surface area contributed by atoms with Crippen molar-refractivity contribution in [1.29, 1.82) is 0 Å². The molecule has 5 aromatic carbocycles. The van der Waals surface area contributed by atoms with Gasteiger partial charge in [-0.15, -0.1) is 0 Å². The predicted octanol–water partition coefficient (Wildman–Crippen LogP) is 2.69. The van der Waals surface area contributed by atoms with Crippen LogP contribution in [0.5, 0.6) is 23.0 Å². The van der Waals surface area contributed by atoms with E-state index in [4.69, 9.17) is 9.63 Å². The molecule has 41 heavy (non-hydrogen) atoms. The van der Waals surface area contributed by atoms with Gasteiger partial charge in [-0.3, -0.25) is 4.57 Å². The van der Waals surface area contributed by atoms with Gasteiger partial charge in [-0.25, -0.2) is 0 Å². The summed E-state index contributed by atoms with van der Waals surface area (Å²) in [5, 5.41) is 14.1. The van der Waals surface area contributed by atoms with E-state index in [1.165, 1.54) is 36.4 Å². The fourth-order valence-corrected chi connectivity index (χ4v) is 5.94. The van der Waals surface area contributed by atoms with Crippen molar-refractivity contribution in [2.45, 2.75) is 5.92 Å². The predicted molar refractivity (Wildman–Crippen MR) is 138 cm³/mol. The van der Waals surface area contributed by atoms with E-state index in [9.17, 15) is 33.7 Å². The van der Waals surface area contributed by atoms with E-state index in [1.807, 2.05) is 0 Å². The van der Waals surface area contributed by atoms with E-state index >= 15 is 0 Å². The van der Waals surface area contributed by atoms with Crippen molar-refractivity contribution in [3.63, 3.8) is 0 Å². The molecule has 0 amide bonds. The number of carboxylic acid groups (broad SMARTS) is 1. The fourth-order valence-electron chi connectivity index (χ4n) is 5.19. The lowest BCUT2D eigenvalue weighted by Gasteiger charge is -2.32. The van der Waals surface area contributed by atoms with Gasteiger partial charge in [0, 0.05) is 33.4 Å². The molecule has 1 aliphatic rings. The van der Waals surface area contributed by atoms with E-state index in [1.54, 1.807) is 48.5 Å². The molecule has 1 heterocycles. The van der Waals surface area contributed by atoms with Crippen LogP contribution in [-0.4, -0.2) is 10.9 Å². The Bertz CT molecular complexity index is 1860. The third kappa shape index (κ3) is 5.18. The lowest BCUT2D eigenvalue weighted by atomic mass is 9.79. The van der Waals surface area contributed by atoms with Crippen LogP contribution < -0.4 is 33.6 Å². The van der Waals surface area contributed by atoms with Gasteiger partial charge in [0.25, 0.3) is 0 Å². The van der Waals surface area contributed by atoms with Crippen LogP contribution in [0.3, 0.4) is 0 Å². The number of hydrogen-bond donors (Lipinski definition) is 1. The van der Waals surface area contributed by atoms with Crippen molar-refractivity contribution in [3.05, 3.63) is 107 Å². The molecule has 1 N–H and O–H groups in total. The van der Waals surface area contributed by atoms with Gasteiger partial charge < -0.3 is 47.8 Å². The van der Waals surface area contributed by atoms with E-state index in [-0.39, 0.29) is 17.1 Å². The van der Waals surface area contributed by atoms with Crippen molar-refractivity contribution >= 4 is 43.2 Å². The summed E-state index contributed by atoms with van der Waals surface area (Å²) in [4.78, 5) is 54.7. The smallest absolute Gasteiger partial charge is 0.317 e. The summed E-state index contributed by atoms with van der Waals surface area (Å²) in [6.07, 6.45) is 0. The number of phosphoric ester groups is 2. The Morgan fingerprint density at radius 3 is 1.78 bits per heavy atom. The first-order valence-electron chi connectivity index (χ1n) is 11.9. The first kappa shape index (κ1) is 27.0. The molecule has 0 radical (unpaired) electrons. The Balaban J connectivity index is 1.60. The monoisotopic (exact) mass is 590 g/mol. The highest BCUT2D eigenvalue weighted by molar-refractivity contribution is 7.45. The molecule has 13 heteroatoms. The van der Waals surface area contributed by atoms with E-state index in [0.29, 0.717) is 49.7 Å². The maximum absolute atomic E-state index is 12.1. The molecule has 6 rings (SSSR count). The summed E-state index contributed by atoms with van der Waals surface area (Å²) >= 11 is 0. The summed E-state index contributed by atoms with van der Waals surface area (Å²) in [5.41, 5.74) is 1.63. The van der Waals surface area contributed by atoms with Crippen LogP contribution in [0.4, 0.5) is 0 Å². The number of hydrogen-bond acceptors (Lipinski definition) is 10. The maximum atomic E-state index is 12.1. The number of carboxylic acids is 1. The van der Waals surface area contributed by atoms with Gasteiger partial charge in [-0.1, -0.05) is 48.5 Å². The summed E-state index contributed by atoms with van der Waals surface area (Å²) < 4.78 is 37.9. The molecule has 0 saturated carbocycles. The van der Waals surface area contributed by atoms with Crippen molar-refractivity contribution < 1.29 is 52.4 Å². The van der Waals surface area contributed by atoms with Crippen molar-refractivity contribution in [3.8, 4) is 23.0 Å². The van der Waals surface area contributed by atoms with Gasteiger partial charge in [0.1, 0.15) is 30.8 Å². The van der Waals surface area contributed by atoms with Crippen LogP contribution in [-0.2, 0) is 9.13 Å². The Hall–Kier alpha value is -4.21. The zero-order valence-electron chi connectivity index (χ0n) is 20.6. The number of ether oxygens (including phenoxy) is 1. The third-order valence-corrected chi connectivity index (χ3v) is 7.58. The van der Waals surface area contributed by atoms with Crippen LogP contribution in [0.1, 0.15) is 33.0 Å². The second-order valence-corrected chi connectivity index (χ2v) is 11.4. The van der Waals surface area contributed by atoms with E-state index in [2.05, 4.69) is 9.05 Å². The lowest BCUT2D eigenvalue weighted by Crippen LogP contribution is -2.25. The van der Waals surface area contributed by atoms with Crippen LogP contribution in [0.15, 0.2) is 84.9 Å². The molecule has 208 valence electrons. The maximum Gasteiger partial charge on any atom is 0.317 e. The Morgan fingerprint density at radius 2 is 1.27 bits per heavy atom. The summed E-state index contributed by atoms with van der Waals surface area (Å²) in [6.45, 7) is 0. The molecule has 1 aliphatic heterocycles. The van der Waals surface area contributed by atoms with Crippen LogP contribution in [0.25, 0.3) is 21.5 Å². The Kier molecular flexibility index (Phi) is 6.39. The number of carbonyl (C=O) groups is 1. The topological polar surface area (TPSA) is 191 Å². The highest BCUT2D eigenvalue weighted by Gasteiger charge is 2.32. The second-order valence-electron chi connectivity index (χ2n) is 9.24. The van der Waals surface area contributed by atoms with Gasteiger partial charge >= 0.3 is 7.82 Å². The molecule has 11 nitrogen and oxygen atoms in total. The van der Waals surface area contributed by atoms with Gasteiger partial charge in [-0.05, 0) is 52.7 Å². The molecule has 0 spiro atoms. The molecular formula is C28H16O11P2-4. The molecule has 0 aromatic heterocycles. The highest BCUT2D eigenvalue weighted by atomic mass is 31.2. The zero-order valence-corrected chi connectivity index (χ0v) is 22.4. The van der Waals surface area contributed by atoms with Crippen LogP contribution >= 0.6 is 15.6 Å². The number of benzene rings is 5. The van der Waals surface area contributed by atoms with E-state index in [0.717, 1.165) is 0 Å². The quantitative estimate of drug-likeness (QED) is 0.281. The SMILES string of the molecule is O=C([O-])c1ccccc1C1c2ccc3cc(OP(=O)([O-])[O-])ccc3c2Oc2c1ccc1cc(OP(=O)([O-])O)ccc21. The molecular weight excluding hydrogens is 574 g/mol. The Morgan fingerprint density at radius 1 is 0.732 bits per heavy atom. The van der Waals surface area contributed by atoms with Gasteiger partial charge in [0.05, 0.1) is 5.97 Å². The van der Waals surface area contributed by atoms with Crippen molar-refractivity contribution in [1.82, 2.24) is 0 Å². The minimum atomic E-state index is -5.30. The number of rotatable bonds is 6. The van der Waals surface area contributed by atoms with Gasteiger partial charge in [0.2, 0.25) is 0 Å². The number of carbonyl (C=O) groups excluding carboxylic acids is 1. The Labute approximate surface area is 231 Å². The summed E-state index contributed by atoms with van der Waals surface area (Å²) in [6, 6.07) is 21.7. The normalized spacial score (nSPS) is 15.9. The molecule has 2 unspecified atom stereocenters. The molecule has 2 atom stereocenters.